The van der Waals surface area contributed by atoms with Crippen LogP contribution in [0.4, 0.5) is 0 Å². The molecule has 1 amide bonds. The molecule has 0 radical (unpaired) electrons. The average Bonchev–Trinajstić information content (AvgIpc) is 2.26. The van der Waals surface area contributed by atoms with Crippen molar-refractivity contribution in [2.45, 2.75) is 64.8 Å². The summed E-state index contributed by atoms with van der Waals surface area (Å²) in [7, 11) is 0. The highest BCUT2D eigenvalue weighted by Crippen LogP contribution is 2.61. The Bertz CT molecular complexity index is 288. The second-order valence-corrected chi connectivity index (χ2v) is 6.92. The second-order valence-electron chi connectivity index (χ2n) is 6.92. The third-order valence-corrected chi connectivity index (χ3v) is 5.70. The first-order valence-corrected chi connectivity index (χ1v) is 7.40. The van der Waals surface area contributed by atoms with E-state index in [1.54, 1.807) is 0 Å². The largest absolute Gasteiger partial charge is 0.353 e. The summed E-state index contributed by atoms with van der Waals surface area (Å²) in [6.07, 6.45) is 9.20. The van der Waals surface area contributed by atoms with Gasteiger partial charge in [-0.3, -0.25) is 4.79 Å². The minimum absolute atomic E-state index is 0.230. The van der Waals surface area contributed by atoms with Crippen LogP contribution in [0.15, 0.2) is 0 Å². The summed E-state index contributed by atoms with van der Waals surface area (Å²) in [5.41, 5.74) is 0.458. The quantitative estimate of drug-likeness (QED) is 0.800. The van der Waals surface area contributed by atoms with E-state index in [-0.39, 0.29) is 5.91 Å². The van der Waals surface area contributed by atoms with Gasteiger partial charge in [0.15, 0.2) is 0 Å². The van der Waals surface area contributed by atoms with Crippen LogP contribution in [0, 0.1) is 23.2 Å². The molecule has 0 aliphatic heterocycles. The fourth-order valence-electron chi connectivity index (χ4n) is 5.20. The molecule has 4 bridgehead atoms. The molecule has 4 rings (SSSR count). The van der Waals surface area contributed by atoms with Gasteiger partial charge >= 0.3 is 0 Å². The summed E-state index contributed by atoms with van der Waals surface area (Å²) in [5.74, 6) is 3.15. The molecule has 96 valence electrons. The van der Waals surface area contributed by atoms with E-state index in [0.717, 1.165) is 17.8 Å². The van der Waals surface area contributed by atoms with Crippen LogP contribution >= 0.6 is 0 Å². The van der Waals surface area contributed by atoms with Gasteiger partial charge in [0, 0.05) is 12.5 Å². The Morgan fingerprint density at radius 1 is 1.18 bits per heavy atom. The van der Waals surface area contributed by atoms with Crippen molar-refractivity contribution in [3.05, 3.63) is 0 Å². The van der Waals surface area contributed by atoms with Crippen LogP contribution in [-0.4, -0.2) is 11.9 Å². The number of carbonyl (C=O) groups excluding carboxylic acids is 1. The van der Waals surface area contributed by atoms with Crippen molar-refractivity contribution < 1.29 is 4.79 Å². The summed E-state index contributed by atoms with van der Waals surface area (Å²) in [6, 6.07) is 0.392. The monoisotopic (exact) mass is 235 g/mol. The van der Waals surface area contributed by atoms with Gasteiger partial charge in [-0.05, 0) is 68.6 Å². The molecule has 17 heavy (non-hydrogen) atoms. The lowest BCUT2D eigenvalue weighted by Crippen LogP contribution is -2.55. The highest BCUT2D eigenvalue weighted by molar-refractivity contribution is 5.75. The average molecular weight is 235 g/mol. The van der Waals surface area contributed by atoms with Crippen LogP contribution in [0.25, 0.3) is 0 Å². The lowest BCUT2D eigenvalue weighted by Gasteiger charge is -2.59. The molecule has 0 aromatic rings. The Morgan fingerprint density at radius 2 is 1.65 bits per heavy atom. The zero-order valence-corrected chi connectivity index (χ0v) is 11.2. The van der Waals surface area contributed by atoms with Crippen molar-refractivity contribution in [3.8, 4) is 0 Å². The minimum atomic E-state index is 0.230. The van der Waals surface area contributed by atoms with Crippen LogP contribution in [0.5, 0.6) is 0 Å². The van der Waals surface area contributed by atoms with E-state index in [1.807, 2.05) is 6.92 Å². The number of amides is 1. The van der Waals surface area contributed by atoms with E-state index in [9.17, 15) is 4.79 Å². The SMILES string of the molecule is CCC(=O)N[C@@H](C)C12CC3CC(CC(C3)C1)C2. The summed E-state index contributed by atoms with van der Waals surface area (Å²) < 4.78 is 0. The van der Waals surface area contributed by atoms with Gasteiger partial charge in [0.05, 0.1) is 0 Å². The van der Waals surface area contributed by atoms with Crippen LogP contribution in [0.2, 0.25) is 0 Å². The van der Waals surface area contributed by atoms with Gasteiger partial charge < -0.3 is 5.32 Å². The fraction of sp³-hybridized carbons (Fsp3) is 0.933. The summed E-state index contributed by atoms with van der Waals surface area (Å²) >= 11 is 0. The molecule has 0 saturated heterocycles. The van der Waals surface area contributed by atoms with Crippen molar-refractivity contribution in [2.75, 3.05) is 0 Å². The topological polar surface area (TPSA) is 29.1 Å². The Hall–Kier alpha value is -0.530. The van der Waals surface area contributed by atoms with Crippen LogP contribution in [0.1, 0.15) is 58.8 Å². The molecule has 4 aliphatic carbocycles. The fourth-order valence-corrected chi connectivity index (χ4v) is 5.20. The van der Waals surface area contributed by atoms with E-state index < -0.39 is 0 Å². The van der Waals surface area contributed by atoms with Gasteiger partial charge in [-0.25, -0.2) is 0 Å². The molecule has 4 aliphatic rings. The maximum atomic E-state index is 11.6. The van der Waals surface area contributed by atoms with Gasteiger partial charge in [0.25, 0.3) is 0 Å². The van der Waals surface area contributed by atoms with E-state index in [2.05, 4.69) is 12.2 Å². The summed E-state index contributed by atoms with van der Waals surface area (Å²) in [6.45, 7) is 4.20. The third-order valence-electron chi connectivity index (χ3n) is 5.70. The Kier molecular flexibility index (Phi) is 2.72. The maximum Gasteiger partial charge on any atom is 0.219 e. The number of nitrogens with one attached hydrogen (secondary N) is 1. The first-order valence-electron chi connectivity index (χ1n) is 7.40. The smallest absolute Gasteiger partial charge is 0.219 e. The first kappa shape index (κ1) is 11.6. The normalized spacial score (nSPS) is 44.7. The first-order chi connectivity index (χ1) is 8.11. The Morgan fingerprint density at radius 3 is 2.06 bits per heavy atom. The minimum Gasteiger partial charge on any atom is -0.353 e. The van der Waals surface area contributed by atoms with Gasteiger partial charge in [0.1, 0.15) is 0 Å². The highest BCUT2D eigenvalue weighted by Gasteiger charge is 2.53. The van der Waals surface area contributed by atoms with Crippen LogP contribution < -0.4 is 5.32 Å². The zero-order chi connectivity index (χ0) is 12.0. The molecule has 0 unspecified atom stereocenters. The Balaban J connectivity index is 1.75. The number of rotatable bonds is 3. The predicted octanol–water partition coefficient (Wildman–Crippen LogP) is 3.12. The number of hydrogen-bond acceptors (Lipinski definition) is 1. The number of carbonyl (C=O) groups is 1. The molecule has 0 heterocycles. The maximum absolute atomic E-state index is 11.6. The van der Waals surface area contributed by atoms with Gasteiger partial charge in [-0.2, -0.15) is 0 Å². The lowest BCUT2D eigenvalue weighted by atomic mass is 9.48. The molecular weight excluding hydrogens is 210 g/mol. The molecule has 0 aromatic carbocycles. The molecule has 2 heteroatoms. The summed E-state index contributed by atoms with van der Waals surface area (Å²) in [4.78, 5) is 11.6. The summed E-state index contributed by atoms with van der Waals surface area (Å²) in [5, 5.41) is 3.25. The second kappa shape index (κ2) is 4.00. The molecular formula is C15H25NO. The van der Waals surface area contributed by atoms with Crippen molar-refractivity contribution in [1.82, 2.24) is 5.32 Å². The standard InChI is InChI=1S/C15H25NO/c1-3-14(17)16-10(2)15-7-11-4-12(8-15)6-13(5-11)9-15/h10-13H,3-9H2,1-2H3,(H,16,17)/t10-,11?,12?,13?,15?/m0/s1. The van der Waals surface area contributed by atoms with Crippen LogP contribution in [-0.2, 0) is 4.79 Å². The van der Waals surface area contributed by atoms with Crippen molar-refractivity contribution in [1.29, 1.82) is 0 Å². The third kappa shape index (κ3) is 1.90. The number of hydrogen-bond donors (Lipinski definition) is 1. The van der Waals surface area contributed by atoms with Gasteiger partial charge in [0.2, 0.25) is 5.91 Å². The van der Waals surface area contributed by atoms with E-state index >= 15 is 0 Å². The molecule has 1 atom stereocenters. The van der Waals surface area contributed by atoms with Crippen molar-refractivity contribution >= 4 is 5.91 Å². The van der Waals surface area contributed by atoms with E-state index in [4.69, 9.17) is 0 Å². The Labute approximate surface area is 105 Å². The lowest BCUT2D eigenvalue weighted by molar-refractivity contribution is -0.125. The molecule has 4 saturated carbocycles. The molecule has 0 aromatic heterocycles. The van der Waals surface area contributed by atoms with E-state index in [1.165, 1.54) is 38.5 Å². The predicted molar refractivity (Wildman–Crippen MR) is 68.5 cm³/mol. The van der Waals surface area contributed by atoms with Crippen molar-refractivity contribution in [2.24, 2.45) is 23.2 Å². The zero-order valence-electron chi connectivity index (χ0n) is 11.2. The van der Waals surface area contributed by atoms with Gasteiger partial charge in [-0.15, -0.1) is 0 Å². The molecule has 2 nitrogen and oxygen atoms in total. The highest BCUT2D eigenvalue weighted by atomic mass is 16.1. The molecule has 0 spiro atoms. The van der Waals surface area contributed by atoms with Crippen LogP contribution in [0.3, 0.4) is 0 Å². The van der Waals surface area contributed by atoms with E-state index in [0.29, 0.717) is 17.9 Å². The van der Waals surface area contributed by atoms with Gasteiger partial charge in [-0.1, -0.05) is 6.92 Å². The molecule has 1 N–H and O–H groups in total. The van der Waals surface area contributed by atoms with Crippen molar-refractivity contribution in [3.63, 3.8) is 0 Å². The molecule has 4 fully saturated rings.